The lowest BCUT2D eigenvalue weighted by Gasteiger charge is -2.42. The third-order valence-electron chi connectivity index (χ3n) is 8.33. The summed E-state index contributed by atoms with van der Waals surface area (Å²) >= 11 is 0. The SMILES string of the molecule is O=C(OCC1CCCC(c2cccc(F)c2)N1S(=O)(=O)c1ccc(F)cc1)N1CCC(N2CCCCC2)CC1. The molecular weight excluding hydrogens is 524 g/mol. The summed E-state index contributed by atoms with van der Waals surface area (Å²) < 4.78 is 62.5. The van der Waals surface area contributed by atoms with Gasteiger partial charge in [0.05, 0.1) is 17.0 Å². The Kier molecular flexibility index (Phi) is 8.83. The third kappa shape index (κ3) is 6.44. The van der Waals surface area contributed by atoms with E-state index in [1.165, 1.54) is 47.8 Å². The Bertz CT molecular complexity index is 1230. The normalized spacial score (nSPS) is 24.0. The van der Waals surface area contributed by atoms with E-state index in [1.807, 2.05) is 0 Å². The van der Waals surface area contributed by atoms with Crippen molar-refractivity contribution in [2.75, 3.05) is 32.8 Å². The smallest absolute Gasteiger partial charge is 0.409 e. The maximum atomic E-state index is 14.1. The van der Waals surface area contributed by atoms with Crippen LogP contribution in [0.5, 0.6) is 0 Å². The van der Waals surface area contributed by atoms with Gasteiger partial charge in [-0.25, -0.2) is 22.0 Å². The average Bonchev–Trinajstić information content (AvgIpc) is 2.96. The number of rotatable bonds is 6. The molecular formula is C29H37F2N3O4S. The lowest BCUT2D eigenvalue weighted by molar-refractivity contribution is 0.0449. The molecule has 10 heteroatoms. The summed E-state index contributed by atoms with van der Waals surface area (Å²) in [6.07, 6.45) is 6.83. The lowest BCUT2D eigenvalue weighted by atomic mass is 9.93. The van der Waals surface area contributed by atoms with Crippen molar-refractivity contribution in [3.05, 3.63) is 65.7 Å². The number of sulfonamides is 1. The molecule has 3 aliphatic rings. The molecule has 1 amide bonds. The number of ether oxygens (including phenoxy) is 1. The van der Waals surface area contributed by atoms with E-state index in [2.05, 4.69) is 4.90 Å². The Morgan fingerprint density at radius 1 is 0.846 bits per heavy atom. The number of hydrogen-bond donors (Lipinski definition) is 0. The van der Waals surface area contributed by atoms with Crippen LogP contribution in [0.25, 0.3) is 0 Å². The first-order valence-electron chi connectivity index (χ1n) is 14.0. The predicted molar refractivity (Wildman–Crippen MR) is 144 cm³/mol. The summed E-state index contributed by atoms with van der Waals surface area (Å²) in [6, 6.07) is 9.85. The van der Waals surface area contributed by atoms with Crippen molar-refractivity contribution in [1.29, 1.82) is 0 Å². The summed E-state index contributed by atoms with van der Waals surface area (Å²) in [6.45, 7) is 3.39. The van der Waals surface area contributed by atoms with Gasteiger partial charge in [0.1, 0.15) is 18.2 Å². The van der Waals surface area contributed by atoms with Gasteiger partial charge in [-0.15, -0.1) is 0 Å². The highest BCUT2D eigenvalue weighted by molar-refractivity contribution is 7.89. The summed E-state index contributed by atoms with van der Waals surface area (Å²) in [5.41, 5.74) is 0.538. The molecule has 0 saturated carbocycles. The van der Waals surface area contributed by atoms with Gasteiger partial charge in [0.15, 0.2) is 0 Å². The quantitative estimate of drug-likeness (QED) is 0.477. The molecule has 0 N–H and O–H groups in total. The van der Waals surface area contributed by atoms with Crippen molar-refractivity contribution >= 4 is 16.1 Å². The summed E-state index contributed by atoms with van der Waals surface area (Å²) in [4.78, 5) is 17.2. The molecule has 3 heterocycles. The molecule has 3 aliphatic heterocycles. The fourth-order valence-corrected chi connectivity index (χ4v) is 8.13. The minimum atomic E-state index is -4.10. The highest BCUT2D eigenvalue weighted by atomic mass is 32.2. The minimum Gasteiger partial charge on any atom is -0.448 e. The minimum absolute atomic E-state index is 0.0525. The molecule has 7 nitrogen and oxygen atoms in total. The summed E-state index contributed by atoms with van der Waals surface area (Å²) in [7, 11) is -4.10. The van der Waals surface area contributed by atoms with E-state index < -0.39 is 39.8 Å². The maximum absolute atomic E-state index is 14.1. The predicted octanol–water partition coefficient (Wildman–Crippen LogP) is 5.34. The van der Waals surface area contributed by atoms with E-state index in [4.69, 9.17) is 4.74 Å². The zero-order chi connectivity index (χ0) is 27.4. The van der Waals surface area contributed by atoms with Crippen LogP contribution < -0.4 is 0 Å². The topological polar surface area (TPSA) is 70.2 Å². The van der Waals surface area contributed by atoms with Crippen LogP contribution in [-0.2, 0) is 14.8 Å². The number of halogens is 2. The molecule has 0 radical (unpaired) electrons. The Morgan fingerprint density at radius 2 is 1.56 bits per heavy atom. The average molecular weight is 562 g/mol. The first-order chi connectivity index (χ1) is 18.8. The Hall–Kier alpha value is -2.56. The van der Waals surface area contributed by atoms with E-state index in [1.54, 1.807) is 17.0 Å². The van der Waals surface area contributed by atoms with Crippen LogP contribution in [-0.4, -0.2) is 73.5 Å². The number of piperidine rings is 3. The molecule has 0 bridgehead atoms. The van der Waals surface area contributed by atoms with Gasteiger partial charge in [-0.3, -0.25) is 0 Å². The van der Waals surface area contributed by atoms with Gasteiger partial charge in [0.2, 0.25) is 10.0 Å². The number of likely N-dealkylation sites (tertiary alicyclic amines) is 2. The highest BCUT2D eigenvalue weighted by Gasteiger charge is 2.41. The Morgan fingerprint density at radius 3 is 2.26 bits per heavy atom. The van der Waals surface area contributed by atoms with E-state index >= 15 is 0 Å². The molecule has 0 aromatic heterocycles. The summed E-state index contributed by atoms with van der Waals surface area (Å²) in [5, 5.41) is 0. The maximum Gasteiger partial charge on any atom is 0.409 e. The van der Waals surface area contributed by atoms with Gasteiger partial charge in [-0.1, -0.05) is 18.6 Å². The second-order valence-electron chi connectivity index (χ2n) is 10.8. The zero-order valence-corrected chi connectivity index (χ0v) is 23.0. The molecule has 3 fully saturated rings. The van der Waals surface area contributed by atoms with Gasteiger partial charge in [0, 0.05) is 19.1 Å². The van der Waals surface area contributed by atoms with E-state index in [0.717, 1.165) is 38.1 Å². The van der Waals surface area contributed by atoms with E-state index in [0.29, 0.717) is 44.0 Å². The monoisotopic (exact) mass is 561 g/mol. The third-order valence-corrected chi connectivity index (χ3v) is 10.3. The van der Waals surface area contributed by atoms with Crippen molar-refractivity contribution in [2.45, 2.75) is 74.4 Å². The molecule has 0 spiro atoms. The van der Waals surface area contributed by atoms with Crippen molar-refractivity contribution in [3.63, 3.8) is 0 Å². The highest BCUT2D eigenvalue weighted by Crippen LogP contribution is 2.39. The number of hydrogen-bond acceptors (Lipinski definition) is 5. The van der Waals surface area contributed by atoms with Crippen molar-refractivity contribution in [2.24, 2.45) is 0 Å². The Balaban J connectivity index is 1.30. The molecule has 2 aromatic carbocycles. The molecule has 2 atom stereocenters. The molecule has 3 saturated heterocycles. The second-order valence-corrected chi connectivity index (χ2v) is 12.7. The van der Waals surface area contributed by atoms with Gasteiger partial charge < -0.3 is 14.5 Å². The molecule has 2 aromatic rings. The van der Waals surface area contributed by atoms with Gasteiger partial charge in [-0.05, 0) is 100.0 Å². The first kappa shape index (κ1) is 28.0. The van der Waals surface area contributed by atoms with Gasteiger partial charge >= 0.3 is 6.09 Å². The fourth-order valence-electron chi connectivity index (χ4n) is 6.29. The molecule has 212 valence electrons. The van der Waals surface area contributed by atoms with E-state index in [9.17, 15) is 22.0 Å². The largest absolute Gasteiger partial charge is 0.448 e. The molecule has 0 aliphatic carbocycles. The van der Waals surface area contributed by atoms with Crippen molar-refractivity contribution in [1.82, 2.24) is 14.1 Å². The van der Waals surface area contributed by atoms with Crippen LogP contribution in [0.3, 0.4) is 0 Å². The van der Waals surface area contributed by atoms with Crippen LogP contribution in [0.2, 0.25) is 0 Å². The van der Waals surface area contributed by atoms with Crippen LogP contribution in [0.15, 0.2) is 53.4 Å². The van der Waals surface area contributed by atoms with Crippen molar-refractivity contribution in [3.8, 4) is 0 Å². The van der Waals surface area contributed by atoms with Crippen LogP contribution >= 0.6 is 0 Å². The van der Waals surface area contributed by atoms with Crippen LogP contribution in [0.4, 0.5) is 13.6 Å². The summed E-state index contributed by atoms with van der Waals surface area (Å²) in [5.74, 6) is -0.989. The number of carbonyl (C=O) groups is 1. The number of carbonyl (C=O) groups excluding carboxylic acids is 1. The molecule has 2 unspecified atom stereocenters. The van der Waals surface area contributed by atoms with Crippen molar-refractivity contribution < 1.29 is 26.7 Å². The van der Waals surface area contributed by atoms with Crippen LogP contribution in [0, 0.1) is 11.6 Å². The number of nitrogens with zero attached hydrogens (tertiary/aromatic N) is 3. The van der Waals surface area contributed by atoms with Crippen LogP contribution in [0.1, 0.15) is 63.0 Å². The lowest BCUT2D eigenvalue weighted by Crippen LogP contribution is -2.50. The second kappa shape index (κ2) is 12.3. The molecule has 39 heavy (non-hydrogen) atoms. The standard InChI is InChI=1S/C29H37F2N3O4S/c30-23-10-12-27(13-11-23)39(36,37)34-26(8-5-9-28(34)22-6-4-7-24(31)20-22)21-38-29(35)33-18-14-25(15-19-33)32-16-2-1-3-17-32/h4,6-7,10-13,20,25-26,28H,1-3,5,8-9,14-19,21H2. The first-order valence-corrected chi connectivity index (χ1v) is 15.5. The number of amides is 1. The molecule has 5 rings (SSSR count). The number of benzene rings is 2. The van der Waals surface area contributed by atoms with Gasteiger partial charge in [0.25, 0.3) is 0 Å². The van der Waals surface area contributed by atoms with E-state index in [-0.39, 0.29) is 11.5 Å². The Labute approximate surface area is 229 Å². The zero-order valence-electron chi connectivity index (χ0n) is 22.2. The fraction of sp³-hybridized carbons (Fsp3) is 0.552. The van der Waals surface area contributed by atoms with Gasteiger partial charge in [-0.2, -0.15) is 4.31 Å².